The Morgan fingerprint density at radius 2 is 1.33 bits per heavy atom. The molecule has 0 aromatic heterocycles. The van der Waals surface area contributed by atoms with Crippen LogP contribution in [0.2, 0.25) is 0 Å². The van der Waals surface area contributed by atoms with E-state index in [1.54, 1.807) is 0 Å². The van der Waals surface area contributed by atoms with Gasteiger partial charge in [0.25, 0.3) is 6.02 Å². The Morgan fingerprint density at radius 3 is 1.78 bits per heavy atom. The van der Waals surface area contributed by atoms with Crippen molar-refractivity contribution in [2.45, 2.75) is 128 Å². The number of rotatable bonds is 8. The number of amidine groups is 1. The maximum atomic E-state index is 6.60. The molecule has 8 nitrogen and oxygen atoms in total. The van der Waals surface area contributed by atoms with Crippen LogP contribution in [0.15, 0.2) is 53.5 Å². The third-order valence-corrected chi connectivity index (χ3v) is 9.13. The fraction of sp³-hybridized carbons (Fsp3) is 0.658. The summed E-state index contributed by atoms with van der Waals surface area (Å²) in [5, 5.41) is 7.24. The van der Waals surface area contributed by atoms with Gasteiger partial charge in [-0.3, -0.25) is 0 Å². The highest BCUT2D eigenvalue weighted by Gasteiger charge is 2.37. The summed E-state index contributed by atoms with van der Waals surface area (Å²) in [4.78, 5) is 4.84. The number of hydrogen-bond donors (Lipinski definition) is 2. The van der Waals surface area contributed by atoms with Crippen molar-refractivity contribution in [3.63, 3.8) is 0 Å². The fourth-order valence-corrected chi connectivity index (χ4v) is 6.51. The van der Waals surface area contributed by atoms with E-state index < -0.39 is 11.6 Å². The molecular weight excluding hydrogens is 578 g/mol. The van der Waals surface area contributed by atoms with Gasteiger partial charge in [0.05, 0.1) is 19.8 Å². The molecule has 2 unspecified atom stereocenters. The molecule has 0 amide bonds. The van der Waals surface area contributed by atoms with Gasteiger partial charge < -0.3 is 34.3 Å². The standard InChI is InChI=1S/C38H57N3O5/c1-35(2,3)27-15-11-25(12-16-27)33(26-13-17-28(18-14-26)36(4,5)6)32-19-29(20-39-32)44-34(40-21-30-23-42-37(7,8)45-30)41-22-31-24-43-38(9,10)46-31/h11-18,29-33,39H,19-24H2,1-10H3,(H,40,41)/t29-,30?,31?,32-/m1/s1. The lowest BCUT2D eigenvalue weighted by molar-refractivity contribution is -0.137. The molecule has 8 heteroatoms. The Balaban J connectivity index is 1.33. The Labute approximate surface area is 277 Å². The van der Waals surface area contributed by atoms with E-state index in [1.807, 2.05) is 27.7 Å². The van der Waals surface area contributed by atoms with E-state index in [1.165, 1.54) is 22.3 Å². The van der Waals surface area contributed by atoms with Crippen LogP contribution in [0, 0.1) is 0 Å². The van der Waals surface area contributed by atoms with Crippen LogP contribution in [0.4, 0.5) is 0 Å². The Hall–Kier alpha value is -2.49. The minimum Gasteiger partial charge on any atom is -0.461 e. The van der Waals surface area contributed by atoms with E-state index >= 15 is 0 Å². The van der Waals surface area contributed by atoms with Crippen molar-refractivity contribution in [3.05, 3.63) is 70.8 Å². The summed E-state index contributed by atoms with van der Waals surface area (Å²) in [5.41, 5.74) is 5.50. The van der Waals surface area contributed by atoms with Crippen molar-refractivity contribution in [2.24, 2.45) is 4.99 Å². The number of hydrogen-bond acceptors (Lipinski definition) is 7. The zero-order valence-corrected chi connectivity index (χ0v) is 29.7. The van der Waals surface area contributed by atoms with Gasteiger partial charge in [0.15, 0.2) is 11.6 Å². The topological polar surface area (TPSA) is 82.6 Å². The van der Waals surface area contributed by atoms with Gasteiger partial charge in [0.2, 0.25) is 0 Å². The maximum absolute atomic E-state index is 6.60. The molecule has 4 atom stereocenters. The molecule has 254 valence electrons. The van der Waals surface area contributed by atoms with E-state index in [-0.39, 0.29) is 41.1 Å². The summed E-state index contributed by atoms with van der Waals surface area (Å²) < 4.78 is 30.2. The van der Waals surface area contributed by atoms with E-state index in [0.29, 0.717) is 32.3 Å². The third-order valence-electron chi connectivity index (χ3n) is 9.13. The minimum absolute atomic E-state index is 0.0455. The molecule has 3 saturated heterocycles. The van der Waals surface area contributed by atoms with Crippen LogP contribution < -0.4 is 10.6 Å². The predicted octanol–water partition coefficient (Wildman–Crippen LogP) is 6.41. The Bertz CT molecular complexity index is 1270. The summed E-state index contributed by atoms with van der Waals surface area (Å²) in [6, 6.07) is 19.1. The van der Waals surface area contributed by atoms with E-state index in [2.05, 4.69) is 101 Å². The number of nitrogens with one attached hydrogen (secondary N) is 2. The molecule has 0 spiro atoms. The smallest absolute Gasteiger partial charge is 0.285 e. The van der Waals surface area contributed by atoms with Crippen molar-refractivity contribution < 1.29 is 23.7 Å². The number of nitrogens with zero attached hydrogens (tertiary/aromatic N) is 1. The van der Waals surface area contributed by atoms with Gasteiger partial charge in [-0.05, 0) is 60.8 Å². The van der Waals surface area contributed by atoms with Crippen LogP contribution in [0.5, 0.6) is 0 Å². The Kier molecular flexibility index (Phi) is 10.3. The summed E-state index contributed by atoms with van der Waals surface area (Å²) in [5.74, 6) is -0.996. The largest absolute Gasteiger partial charge is 0.461 e. The molecule has 3 heterocycles. The molecule has 2 aromatic carbocycles. The van der Waals surface area contributed by atoms with Crippen molar-refractivity contribution in [1.29, 1.82) is 0 Å². The van der Waals surface area contributed by atoms with Gasteiger partial charge in [-0.25, -0.2) is 4.99 Å². The molecule has 0 aliphatic carbocycles. The second-order valence-electron chi connectivity index (χ2n) is 16.1. The van der Waals surface area contributed by atoms with Gasteiger partial charge in [-0.2, -0.15) is 0 Å². The highest BCUT2D eigenvalue weighted by atomic mass is 16.7. The van der Waals surface area contributed by atoms with Gasteiger partial charge in [0, 0.05) is 31.5 Å². The first-order valence-electron chi connectivity index (χ1n) is 17.0. The molecule has 3 aliphatic heterocycles. The summed E-state index contributed by atoms with van der Waals surface area (Å²) in [6.07, 6.45) is 0.599. The van der Waals surface area contributed by atoms with Gasteiger partial charge >= 0.3 is 0 Å². The number of aliphatic imine (C=N–C) groups is 1. The molecule has 2 aromatic rings. The average Bonchev–Trinajstić information content (AvgIpc) is 3.67. The molecule has 5 rings (SSSR count). The highest BCUT2D eigenvalue weighted by Crippen LogP contribution is 2.36. The maximum Gasteiger partial charge on any atom is 0.285 e. The molecule has 46 heavy (non-hydrogen) atoms. The monoisotopic (exact) mass is 635 g/mol. The van der Waals surface area contributed by atoms with Gasteiger partial charge in [-0.1, -0.05) is 90.1 Å². The van der Waals surface area contributed by atoms with Gasteiger partial charge in [-0.15, -0.1) is 0 Å². The minimum atomic E-state index is -0.594. The quantitative estimate of drug-likeness (QED) is 0.256. The summed E-state index contributed by atoms with van der Waals surface area (Å²) in [6.45, 7) is 24.1. The Morgan fingerprint density at radius 1 is 0.826 bits per heavy atom. The average molecular weight is 636 g/mol. The second-order valence-corrected chi connectivity index (χ2v) is 16.1. The molecule has 3 fully saturated rings. The zero-order chi connectivity index (χ0) is 33.3. The van der Waals surface area contributed by atoms with E-state index in [0.717, 1.165) is 13.0 Å². The normalized spacial score (nSPS) is 26.5. The van der Waals surface area contributed by atoms with Crippen LogP contribution in [-0.2, 0) is 34.5 Å². The molecule has 0 radical (unpaired) electrons. The first-order chi connectivity index (χ1) is 21.5. The van der Waals surface area contributed by atoms with Crippen LogP contribution >= 0.6 is 0 Å². The highest BCUT2D eigenvalue weighted by molar-refractivity contribution is 5.74. The molecular formula is C38H57N3O5. The van der Waals surface area contributed by atoms with Crippen LogP contribution in [0.3, 0.4) is 0 Å². The first-order valence-corrected chi connectivity index (χ1v) is 17.0. The SMILES string of the molecule is CC1(C)OCC(C/N=C(\NCC2COC(C)(C)O2)O[C@H]2CN[C@@H](C(c3ccc(C(C)(C)C)cc3)c3ccc(C(C)(C)C)cc3)C2)O1. The van der Waals surface area contributed by atoms with Gasteiger partial charge in [0.1, 0.15) is 18.3 Å². The first kappa shape index (κ1) is 34.8. The lowest BCUT2D eigenvalue weighted by Gasteiger charge is -2.27. The molecule has 0 bridgehead atoms. The predicted molar refractivity (Wildman–Crippen MR) is 184 cm³/mol. The molecule has 3 aliphatic rings. The van der Waals surface area contributed by atoms with Crippen molar-refractivity contribution in [1.82, 2.24) is 10.6 Å². The second kappa shape index (κ2) is 13.6. The molecule has 2 N–H and O–H groups in total. The van der Waals surface area contributed by atoms with E-state index in [4.69, 9.17) is 28.7 Å². The van der Waals surface area contributed by atoms with Crippen LogP contribution in [0.25, 0.3) is 0 Å². The number of ether oxygens (including phenoxy) is 5. The fourth-order valence-electron chi connectivity index (χ4n) is 6.51. The van der Waals surface area contributed by atoms with Crippen LogP contribution in [-0.4, -0.2) is 74.8 Å². The third kappa shape index (κ3) is 9.10. The lowest BCUT2D eigenvalue weighted by atomic mass is 9.80. The van der Waals surface area contributed by atoms with E-state index in [9.17, 15) is 0 Å². The van der Waals surface area contributed by atoms with Crippen molar-refractivity contribution in [2.75, 3.05) is 32.8 Å². The zero-order valence-electron chi connectivity index (χ0n) is 29.7. The molecule has 0 saturated carbocycles. The van der Waals surface area contributed by atoms with Crippen molar-refractivity contribution >= 4 is 6.02 Å². The van der Waals surface area contributed by atoms with Crippen molar-refractivity contribution in [3.8, 4) is 0 Å². The summed E-state index contributed by atoms with van der Waals surface area (Å²) >= 11 is 0. The lowest BCUT2D eigenvalue weighted by Crippen LogP contribution is -2.38. The number of benzene rings is 2. The van der Waals surface area contributed by atoms with Crippen LogP contribution in [0.1, 0.15) is 104 Å². The summed E-state index contributed by atoms with van der Waals surface area (Å²) in [7, 11) is 0.